The molecule has 2 aromatic rings. The van der Waals surface area contributed by atoms with Crippen molar-refractivity contribution >= 4 is 5.91 Å². The van der Waals surface area contributed by atoms with Crippen molar-refractivity contribution in [1.29, 1.82) is 0 Å². The van der Waals surface area contributed by atoms with Crippen LogP contribution in [0.15, 0.2) is 48.5 Å². The number of rotatable bonds is 5. The van der Waals surface area contributed by atoms with Gasteiger partial charge in [0.1, 0.15) is 0 Å². The molecule has 0 unspecified atom stereocenters. The standard InChI is InChI=1S/C21H25NO2/c1-2-21(24)22-20-11-10-17-9-8-16(14-23)13-18(17)19(20)12-15-6-4-3-5-7-15/h3-9,13,19-20,23H,2,10-12,14H2,1H3,(H,22,24)/t19-,20+/m0/s1. The lowest BCUT2D eigenvalue weighted by Crippen LogP contribution is -2.42. The van der Waals surface area contributed by atoms with E-state index in [-0.39, 0.29) is 24.5 Å². The van der Waals surface area contributed by atoms with Gasteiger partial charge >= 0.3 is 0 Å². The largest absolute Gasteiger partial charge is 0.392 e. The Balaban J connectivity index is 1.94. The van der Waals surface area contributed by atoms with Crippen molar-refractivity contribution in [3.63, 3.8) is 0 Å². The van der Waals surface area contributed by atoms with E-state index in [0.717, 1.165) is 24.8 Å². The number of amides is 1. The smallest absolute Gasteiger partial charge is 0.219 e. The molecule has 0 saturated carbocycles. The molecular formula is C21H25NO2. The number of aliphatic hydroxyl groups is 1. The van der Waals surface area contributed by atoms with Gasteiger partial charge in [-0.3, -0.25) is 4.79 Å². The Labute approximate surface area is 143 Å². The Kier molecular flexibility index (Phi) is 5.31. The number of carbonyl (C=O) groups excluding carboxylic acids is 1. The minimum Gasteiger partial charge on any atom is -0.392 e. The maximum atomic E-state index is 12.0. The third-order valence-corrected chi connectivity index (χ3v) is 4.97. The molecule has 0 aliphatic heterocycles. The molecule has 24 heavy (non-hydrogen) atoms. The van der Waals surface area contributed by atoms with Crippen LogP contribution < -0.4 is 5.32 Å². The Morgan fingerprint density at radius 2 is 1.96 bits per heavy atom. The van der Waals surface area contributed by atoms with Crippen LogP contribution in [0.5, 0.6) is 0 Å². The third kappa shape index (κ3) is 3.68. The second-order valence-corrected chi connectivity index (χ2v) is 6.55. The van der Waals surface area contributed by atoms with Crippen LogP contribution >= 0.6 is 0 Å². The number of hydrogen-bond acceptors (Lipinski definition) is 2. The topological polar surface area (TPSA) is 49.3 Å². The average molecular weight is 323 g/mol. The maximum absolute atomic E-state index is 12.0. The molecule has 0 radical (unpaired) electrons. The number of fused-ring (bicyclic) bond motifs is 1. The Hall–Kier alpha value is -2.13. The van der Waals surface area contributed by atoms with Crippen molar-refractivity contribution in [3.8, 4) is 0 Å². The lowest BCUT2D eigenvalue weighted by molar-refractivity contribution is -0.121. The highest BCUT2D eigenvalue weighted by atomic mass is 16.3. The fourth-order valence-corrected chi connectivity index (χ4v) is 3.65. The molecule has 1 amide bonds. The van der Waals surface area contributed by atoms with Gasteiger partial charge in [-0.05, 0) is 41.5 Å². The molecule has 0 saturated heterocycles. The minimum atomic E-state index is 0.0529. The molecule has 0 fully saturated rings. The first kappa shape index (κ1) is 16.7. The summed E-state index contributed by atoms with van der Waals surface area (Å²) in [7, 11) is 0. The zero-order valence-electron chi connectivity index (χ0n) is 14.2. The predicted molar refractivity (Wildman–Crippen MR) is 95.8 cm³/mol. The molecule has 1 aliphatic rings. The summed E-state index contributed by atoms with van der Waals surface area (Å²) in [5.74, 6) is 0.359. The fourth-order valence-electron chi connectivity index (χ4n) is 3.65. The van der Waals surface area contributed by atoms with Crippen LogP contribution in [0.2, 0.25) is 0 Å². The second-order valence-electron chi connectivity index (χ2n) is 6.55. The Morgan fingerprint density at radius 3 is 2.67 bits per heavy atom. The van der Waals surface area contributed by atoms with Crippen LogP contribution in [-0.2, 0) is 24.2 Å². The summed E-state index contributed by atoms with van der Waals surface area (Å²) in [5.41, 5.74) is 4.84. The Morgan fingerprint density at radius 1 is 1.17 bits per heavy atom. The van der Waals surface area contributed by atoms with Gasteiger partial charge in [0.2, 0.25) is 5.91 Å². The van der Waals surface area contributed by atoms with Crippen LogP contribution in [0, 0.1) is 0 Å². The van der Waals surface area contributed by atoms with Gasteiger partial charge < -0.3 is 10.4 Å². The number of aliphatic hydroxyl groups excluding tert-OH is 1. The summed E-state index contributed by atoms with van der Waals surface area (Å²) in [6, 6.07) is 16.8. The number of nitrogens with one attached hydrogen (secondary N) is 1. The molecule has 2 atom stereocenters. The zero-order valence-corrected chi connectivity index (χ0v) is 14.2. The molecule has 3 rings (SSSR count). The van der Waals surface area contributed by atoms with Gasteiger partial charge in [0.05, 0.1) is 6.61 Å². The molecule has 0 spiro atoms. The average Bonchev–Trinajstić information content (AvgIpc) is 2.63. The predicted octanol–water partition coefficient (Wildman–Crippen LogP) is 3.35. The van der Waals surface area contributed by atoms with Crippen LogP contribution in [0.25, 0.3) is 0 Å². The van der Waals surface area contributed by atoms with Gasteiger partial charge in [-0.2, -0.15) is 0 Å². The van der Waals surface area contributed by atoms with Crippen LogP contribution in [-0.4, -0.2) is 17.1 Å². The SMILES string of the molecule is CCC(=O)N[C@@H]1CCc2ccc(CO)cc2[C@@H]1Cc1ccccc1. The number of aryl methyl sites for hydroxylation is 1. The van der Waals surface area contributed by atoms with Crippen LogP contribution in [0.1, 0.15) is 47.9 Å². The second kappa shape index (κ2) is 7.63. The summed E-state index contributed by atoms with van der Waals surface area (Å²) < 4.78 is 0. The molecule has 2 aromatic carbocycles. The van der Waals surface area contributed by atoms with Gasteiger partial charge in [0.25, 0.3) is 0 Å². The first-order chi connectivity index (χ1) is 11.7. The van der Waals surface area contributed by atoms with Crippen molar-refractivity contribution in [2.45, 2.75) is 51.2 Å². The van der Waals surface area contributed by atoms with Crippen molar-refractivity contribution in [1.82, 2.24) is 5.32 Å². The summed E-state index contributed by atoms with van der Waals surface area (Å²) in [5, 5.41) is 12.7. The van der Waals surface area contributed by atoms with E-state index in [9.17, 15) is 9.90 Å². The van der Waals surface area contributed by atoms with Gasteiger partial charge in [-0.15, -0.1) is 0 Å². The normalized spacial score (nSPS) is 19.6. The number of carbonyl (C=O) groups is 1. The third-order valence-electron chi connectivity index (χ3n) is 4.97. The van der Waals surface area contributed by atoms with Gasteiger partial charge in [-0.25, -0.2) is 0 Å². The van der Waals surface area contributed by atoms with Crippen molar-refractivity contribution in [2.75, 3.05) is 0 Å². The monoisotopic (exact) mass is 323 g/mol. The fraction of sp³-hybridized carbons (Fsp3) is 0.381. The first-order valence-corrected chi connectivity index (χ1v) is 8.77. The highest BCUT2D eigenvalue weighted by Gasteiger charge is 2.30. The highest BCUT2D eigenvalue weighted by molar-refractivity contribution is 5.76. The number of hydrogen-bond donors (Lipinski definition) is 2. The summed E-state index contributed by atoms with van der Waals surface area (Å²) >= 11 is 0. The molecule has 0 aromatic heterocycles. The highest BCUT2D eigenvalue weighted by Crippen LogP contribution is 2.35. The molecule has 1 aliphatic carbocycles. The van der Waals surface area contributed by atoms with E-state index in [1.54, 1.807) is 0 Å². The van der Waals surface area contributed by atoms with E-state index in [1.807, 2.05) is 19.1 Å². The van der Waals surface area contributed by atoms with Crippen molar-refractivity contribution in [2.24, 2.45) is 0 Å². The summed E-state index contributed by atoms with van der Waals surface area (Å²) in [6.07, 6.45) is 3.35. The molecular weight excluding hydrogens is 298 g/mol. The van der Waals surface area contributed by atoms with Crippen molar-refractivity contribution in [3.05, 3.63) is 70.8 Å². The van der Waals surface area contributed by atoms with E-state index < -0.39 is 0 Å². The molecule has 3 heteroatoms. The number of benzene rings is 2. The molecule has 2 N–H and O–H groups in total. The summed E-state index contributed by atoms with van der Waals surface area (Å²) in [4.78, 5) is 12.0. The summed E-state index contributed by atoms with van der Waals surface area (Å²) in [6.45, 7) is 1.94. The van der Waals surface area contributed by atoms with E-state index >= 15 is 0 Å². The molecule has 3 nitrogen and oxygen atoms in total. The molecule has 126 valence electrons. The first-order valence-electron chi connectivity index (χ1n) is 8.77. The van der Waals surface area contributed by atoms with Crippen LogP contribution in [0.3, 0.4) is 0 Å². The zero-order chi connectivity index (χ0) is 16.9. The van der Waals surface area contributed by atoms with Crippen molar-refractivity contribution < 1.29 is 9.90 Å². The molecule has 0 bridgehead atoms. The lowest BCUT2D eigenvalue weighted by Gasteiger charge is -2.35. The maximum Gasteiger partial charge on any atom is 0.219 e. The minimum absolute atomic E-state index is 0.0529. The van der Waals surface area contributed by atoms with E-state index in [4.69, 9.17) is 0 Å². The van der Waals surface area contributed by atoms with E-state index in [1.165, 1.54) is 16.7 Å². The van der Waals surface area contributed by atoms with Gasteiger partial charge in [0, 0.05) is 18.4 Å². The van der Waals surface area contributed by atoms with Gasteiger partial charge in [-0.1, -0.05) is 55.5 Å². The van der Waals surface area contributed by atoms with E-state index in [0.29, 0.717) is 6.42 Å². The van der Waals surface area contributed by atoms with Gasteiger partial charge in [0.15, 0.2) is 0 Å². The molecule has 0 heterocycles. The van der Waals surface area contributed by atoms with E-state index in [2.05, 4.69) is 41.7 Å². The Bertz CT molecular complexity index is 696. The lowest BCUT2D eigenvalue weighted by atomic mass is 9.75. The quantitative estimate of drug-likeness (QED) is 0.886. The van der Waals surface area contributed by atoms with Crippen LogP contribution in [0.4, 0.5) is 0 Å².